The van der Waals surface area contributed by atoms with E-state index >= 15 is 0 Å². The van der Waals surface area contributed by atoms with E-state index < -0.39 is 10.0 Å². The van der Waals surface area contributed by atoms with Crippen molar-refractivity contribution in [2.75, 3.05) is 6.54 Å². The van der Waals surface area contributed by atoms with Crippen LogP contribution in [-0.2, 0) is 15.9 Å². The largest absolute Gasteiger partial charge is 0.244 e. The van der Waals surface area contributed by atoms with Crippen LogP contribution in [0.1, 0.15) is 31.1 Å². The number of hydrogen-bond donors (Lipinski definition) is 0. The minimum Gasteiger partial charge on any atom is -0.207 e. The van der Waals surface area contributed by atoms with E-state index in [1.54, 1.807) is 15.8 Å². The van der Waals surface area contributed by atoms with Crippen LogP contribution in [0, 0.1) is 0 Å². The zero-order valence-electron chi connectivity index (χ0n) is 9.73. The highest BCUT2D eigenvalue weighted by molar-refractivity contribution is 7.89. The molecule has 0 aromatic carbocycles. The highest BCUT2D eigenvalue weighted by Gasteiger charge is 2.38. The minimum absolute atomic E-state index is 0.211. The predicted octanol–water partition coefficient (Wildman–Crippen LogP) is 3.05. The summed E-state index contributed by atoms with van der Waals surface area (Å²) >= 11 is 7.19. The molecule has 0 amide bonds. The van der Waals surface area contributed by atoms with Gasteiger partial charge in [0, 0.05) is 17.5 Å². The van der Waals surface area contributed by atoms with Crippen LogP contribution in [0.5, 0.6) is 0 Å². The van der Waals surface area contributed by atoms with E-state index in [-0.39, 0.29) is 11.9 Å². The molecule has 96 valence electrons. The number of nitrogens with zero attached hydrogens (tertiary/aromatic N) is 1. The fourth-order valence-electron chi connectivity index (χ4n) is 1.86. The molecule has 1 saturated carbocycles. The summed E-state index contributed by atoms with van der Waals surface area (Å²) in [6, 6.07) is 1.88. The lowest BCUT2D eigenvalue weighted by molar-refractivity contribution is 0.403. The Labute approximate surface area is 111 Å². The summed E-state index contributed by atoms with van der Waals surface area (Å²) in [4.78, 5) is 1.14. The molecule has 1 aromatic heterocycles. The fraction of sp³-hybridized carbons (Fsp3) is 0.636. The summed E-state index contributed by atoms with van der Waals surface area (Å²) in [5, 5.41) is 1.79. The maximum atomic E-state index is 12.5. The van der Waals surface area contributed by atoms with Gasteiger partial charge in [-0.25, -0.2) is 8.42 Å². The van der Waals surface area contributed by atoms with Crippen LogP contribution in [0.4, 0.5) is 0 Å². The third kappa shape index (κ3) is 2.67. The van der Waals surface area contributed by atoms with Gasteiger partial charge in [0.1, 0.15) is 0 Å². The molecule has 1 aromatic rings. The van der Waals surface area contributed by atoms with Crippen molar-refractivity contribution in [2.45, 2.75) is 43.0 Å². The standard InChI is InChI=1S/C11H16ClNO2S2/c1-2-6-13(9-3-4-9)17(14,15)11-5-7-16-10(11)8-12/h5,7,9H,2-4,6,8H2,1H3. The smallest absolute Gasteiger partial charge is 0.207 e. The van der Waals surface area contributed by atoms with Gasteiger partial charge in [-0.1, -0.05) is 6.92 Å². The van der Waals surface area contributed by atoms with Crippen molar-refractivity contribution in [1.82, 2.24) is 4.31 Å². The van der Waals surface area contributed by atoms with Crippen molar-refractivity contribution in [3.8, 4) is 0 Å². The molecule has 0 bridgehead atoms. The predicted molar refractivity (Wildman–Crippen MR) is 71.1 cm³/mol. The molecule has 0 aliphatic heterocycles. The Morgan fingerprint density at radius 1 is 1.53 bits per heavy atom. The third-order valence-corrected chi connectivity index (χ3v) is 6.32. The Kier molecular flexibility index (Phi) is 4.13. The van der Waals surface area contributed by atoms with E-state index in [0.717, 1.165) is 24.1 Å². The van der Waals surface area contributed by atoms with Gasteiger partial charge in [-0.15, -0.1) is 22.9 Å². The molecular weight excluding hydrogens is 278 g/mol. The number of hydrogen-bond acceptors (Lipinski definition) is 3. The van der Waals surface area contributed by atoms with E-state index in [9.17, 15) is 8.42 Å². The molecule has 0 saturated heterocycles. The van der Waals surface area contributed by atoms with Crippen molar-refractivity contribution in [3.05, 3.63) is 16.3 Å². The second kappa shape index (κ2) is 5.26. The molecule has 17 heavy (non-hydrogen) atoms. The van der Waals surface area contributed by atoms with Gasteiger partial charge in [0.2, 0.25) is 10.0 Å². The van der Waals surface area contributed by atoms with Crippen LogP contribution in [0.2, 0.25) is 0 Å². The van der Waals surface area contributed by atoms with Gasteiger partial charge in [-0.2, -0.15) is 4.31 Å². The first kappa shape index (κ1) is 13.3. The highest BCUT2D eigenvalue weighted by Crippen LogP contribution is 2.34. The lowest BCUT2D eigenvalue weighted by Crippen LogP contribution is -2.34. The molecule has 2 rings (SSSR count). The molecule has 1 fully saturated rings. The number of rotatable bonds is 6. The summed E-state index contributed by atoms with van der Waals surface area (Å²) in [6.07, 6.45) is 2.81. The second-order valence-electron chi connectivity index (χ2n) is 4.19. The van der Waals surface area contributed by atoms with Gasteiger partial charge in [0.25, 0.3) is 0 Å². The molecule has 0 unspecified atom stereocenters. The van der Waals surface area contributed by atoms with Crippen molar-refractivity contribution in [3.63, 3.8) is 0 Å². The minimum atomic E-state index is -3.34. The molecule has 1 aliphatic carbocycles. The van der Waals surface area contributed by atoms with Crippen LogP contribution < -0.4 is 0 Å². The maximum absolute atomic E-state index is 12.5. The fourth-order valence-corrected chi connectivity index (χ4v) is 5.32. The Bertz CT molecular complexity index is 479. The first-order valence-corrected chi connectivity index (χ1v) is 8.60. The summed E-state index contributed by atoms with van der Waals surface area (Å²) in [6.45, 7) is 2.60. The normalized spacial score (nSPS) is 16.6. The van der Waals surface area contributed by atoms with Crippen molar-refractivity contribution < 1.29 is 8.42 Å². The zero-order chi connectivity index (χ0) is 12.5. The number of halogens is 1. The number of thiophene rings is 1. The Hall–Kier alpha value is -0.100. The highest BCUT2D eigenvalue weighted by atomic mass is 35.5. The Morgan fingerprint density at radius 2 is 2.24 bits per heavy atom. The Morgan fingerprint density at radius 3 is 2.76 bits per heavy atom. The van der Waals surface area contributed by atoms with Crippen LogP contribution >= 0.6 is 22.9 Å². The molecular formula is C11H16ClNO2S2. The second-order valence-corrected chi connectivity index (χ2v) is 7.32. The molecule has 3 nitrogen and oxygen atoms in total. The molecule has 0 spiro atoms. The molecule has 0 atom stereocenters. The van der Waals surface area contributed by atoms with Gasteiger partial charge >= 0.3 is 0 Å². The first-order valence-electron chi connectivity index (χ1n) is 5.75. The number of alkyl halides is 1. The van der Waals surface area contributed by atoms with Crippen molar-refractivity contribution in [2.24, 2.45) is 0 Å². The lowest BCUT2D eigenvalue weighted by Gasteiger charge is -2.21. The average Bonchev–Trinajstić information content (AvgIpc) is 3.00. The summed E-state index contributed by atoms with van der Waals surface area (Å²) < 4.78 is 26.7. The molecule has 1 heterocycles. The molecule has 1 aliphatic rings. The van der Waals surface area contributed by atoms with Gasteiger partial charge in [0.05, 0.1) is 10.8 Å². The van der Waals surface area contributed by atoms with E-state index in [2.05, 4.69) is 0 Å². The summed E-state index contributed by atoms with van der Waals surface area (Å²) in [7, 11) is -3.34. The Balaban J connectivity index is 2.33. The van der Waals surface area contributed by atoms with Crippen LogP contribution in [0.3, 0.4) is 0 Å². The van der Waals surface area contributed by atoms with Crippen molar-refractivity contribution >= 4 is 33.0 Å². The average molecular weight is 294 g/mol. The topological polar surface area (TPSA) is 37.4 Å². The van der Waals surface area contributed by atoms with Crippen LogP contribution in [0.15, 0.2) is 16.3 Å². The third-order valence-electron chi connectivity index (χ3n) is 2.81. The quantitative estimate of drug-likeness (QED) is 0.756. The van der Waals surface area contributed by atoms with Gasteiger partial charge < -0.3 is 0 Å². The molecule has 0 N–H and O–H groups in total. The first-order chi connectivity index (χ1) is 8.11. The maximum Gasteiger partial charge on any atom is 0.244 e. The SMILES string of the molecule is CCCN(C1CC1)S(=O)(=O)c1ccsc1CCl. The molecule has 0 radical (unpaired) electrons. The van der Waals surface area contributed by atoms with Crippen LogP contribution in [-0.4, -0.2) is 25.3 Å². The van der Waals surface area contributed by atoms with Gasteiger partial charge in [-0.05, 0) is 30.7 Å². The van der Waals surface area contributed by atoms with Crippen LogP contribution in [0.25, 0.3) is 0 Å². The molecule has 6 heteroatoms. The van der Waals surface area contributed by atoms with Crippen molar-refractivity contribution in [1.29, 1.82) is 0 Å². The summed E-state index contributed by atoms with van der Waals surface area (Å²) in [5.74, 6) is 0.261. The van der Waals surface area contributed by atoms with E-state index in [1.165, 1.54) is 11.3 Å². The number of sulfonamides is 1. The zero-order valence-corrected chi connectivity index (χ0v) is 12.1. The van der Waals surface area contributed by atoms with Gasteiger partial charge in [0.15, 0.2) is 0 Å². The lowest BCUT2D eigenvalue weighted by atomic mass is 10.5. The monoisotopic (exact) mass is 293 g/mol. The van der Waals surface area contributed by atoms with Gasteiger partial charge in [-0.3, -0.25) is 0 Å². The van der Waals surface area contributed by atoms with E-state index in [1.807, 2.05) is 6.92 Å². The van der Waals surface area contributed by atoms with E-state index in [0.29, 0.717) is 11.4 Å². The van der Waals surface area contributed by atoms with E-state index in [4.69, 9.17) is 11.6 Å². The summed E-state index contributed by atoms with van der Waals surface area (Å²) in [5.41, 5.74) is 0.